The highest BCUT2D eigenvalue weighted by molar-refractivity contribution is 5.34. The summed E-state index contributed by atoms with van der Waals surface area (Å²) in [6.07, 6.45) is 13.1. The molecule has 3 saturated carbocycles. The largest absolute Gasteiger partial charge is 0.490 e. The third kappa shape index (κ3) is 6.02. The van der Waals surface area contributed by atoms with E-state index in [1.165, 1.54) is 82.6 Å². The summed E-state index contributed by atoms with van der Waals surface area (Å²) in [4.78, 5) is 0. The van der Waals surface area contributed by atoms with Crippen LogP contribution in [0, 0.1) is 5.41 Å². The Morgan fingerprint density at radius 2 is 1.52 bits per heavy atom. The van der Waals surface area contributed by atoms with Gasteiger partial charge in [0.2, 0.25) is 0 Å². The van der Waals surface area contributed by atoms with Gasteiger partial charge in [-0.25, -0.2) is 0 Å². The van der Waals surface area contributed by atoms with Crippen molar-refractivity contribution in [1.29, 1.82) is 0 Å². The molecule has 0 N–H and O–H groups in total. The molecule has 1 aromatic rings. The van der Waals surface area contributed by atoms with Crippen LogP contribution in [0.1, 0.15) is 89.5 Å². The number of benzene rings is 1. The van der Waals surface area contributed by atoms with Crippen molar-refractivity contribution in [3.05, 3.63) is 42.0 Å². The monoisotopic (exact) mass is 408 g/mol. The van der Waals surface area contributed by atoms with Crippen LogP contribution in [-0.4, -0.2) is 12.8 Å². The zero-order valence-electron chi connectivity index (χ0n) is 17.7. The Balaban J connectivity index is 1.49. The fraction of sp³-hybridized carbons (Fsp3) is 0.680. The predicted molar refractivity (Wildman–Crippen MR) is 112 cm³/mol. The molecule has 162 valence electrons. The summed E-state index contributed by atoms with van der Waals surface area (Å²) in [5, 5.41) is 0. The minimum Gasteiger partial charge on any atom is -0.490 e. The van der Waals surface area contributed by atoms with Crippen LogP contribution in [0.4, 0.5) is 13.2 Å². The second kappa shape index (κ2) is 9.57. The molecule has 0 amide bonds. The normalized spacial score (nSPS) is 26.9. The summed E-state index contributed by atoms with van der Waals surface area (Å²) in [6.45, 7) is 2.20. The molecule has 0 saturated heterocycles. The van der Waals surface area contributed by atoms with Crippen molar-refractivity contribution in [3.8, 4) is 5.75 Å². The summed E-state index contributed by atoms with van der Waals surface area (Å²) >= 11 is 0. The standard InChI is InChI=1S/C25H35F3O/c1-2-3-4-5-6-12-23-14-17-24(18-15-23,19-16-23)21-8-10-22(11-9-21)29-20-7-13-25(26,27)28/h7-11,13H,2-6,12,14-20H2,1H3. The highest BCUT2D eigenvalue weighted by Gasteiger charge is 2.48. The molecule has 0 aliphatic heterocycles. The summed E-state index contributed by atoms with van der Waals surface area (Å²) in [5.41, 5.74) is 2.28. The van der Waals surface area contributed by atoms with Gasteiger partial charge in [0.05, 0.1) is 0 Å². The molecule has 29 heavy (non-hydrogen) atoms. The molecule has 1 aromatic carbocycles. The summed E-state index contributed by atoms with van der Waals surface area (Å²) < 4.78 is 41.8. The topological polar surface area (TPSA) is 9.23 Å². The van der Waals surface area contributed by atoms with Crippen molar-refractivity contribution in [2.75, 3.05) is 6.61 Å². The number of allylic oxidation sites excluding steroid dienone is 1. The van der Waals surface area contributed by atoms with Crippen LogP contribution < -0.4 is 4.74 Å². The molecule has 3 fully saturated rings. The smallest absolute Gasteiger partial charge is 0.409 e. The van der Waals surface area contributed by atoms with E-state index in [4.69, 9.17) is 4.74 Å². The Morgan fingerprint density at radius 1 is 0.897 bits per heavy atom. The maximum absolute atomic E-state index is 12.1. The molecule has 0 aromatic heterocycles. The number of unbranched alkanes of at least 4 members (excludes halogenated alkanes) is 4. The molecule has 3 aliphatic carbocycles. The average Bonchev–Trinajstić information content (AvgIpc) is 2.72. The van der Waals surface area contributed by atoms with Gasteiger partial charge in [-0.15, -0.1) is 0 Å². The first-order valence-corrected chi connectivity index (χ1v) is 11.3. The van der Waals surface area contributed by atoms with Crippen molar-refractivity contribution in [2.45, 2.75) is 95.6 Å². The molecular formula is C25H35F3O. The summed E-state index contributed by atoms with van der Waals surface area (Å²) in [7, 11) is 0. The minimum absolute atomic E-state index is 0.0647. The first-order valence-electron chi connectivity index (χ1n) is 11.3. The Morgan fingerprint density at radius 3 is 2.10 bits per heavy atom. The van der Waals surface area contributed by atoms with E-state index in [0.717, 1.165) is 6.08 Å². The lowest BCUT2D eigenvalue weighted by Gasteiger charge is -2.54. The number of rotatable bonds is 10. The van der Waals surface area contributed by atoms with Gasteiger partial charge in [-0.3, -0.25) is 0 Å². The van der Waals surface area contributed by atoms with Crippen LogP contribution in [0.15, 0.2) is 36.4 Å². The van der Waals surface area contributed by atoms with E-state index in [9.17, 15) is 13.2 Å². The maximum Gasteiger partial charge on any atom is 0.409 e. The second-order valence-electron chi connectivity index (χ2n) is 9.22. The fourth-order valence-corrected chi connectivity index (χ4v) is 5.41. The van der Waals surface area contributed by atoms with Crippen LogP contribution in [0.3, 0.4) is 0 Å². The van der Waals surface area contributed by atoms with E-state index >= 15 is 0 Å². The molecule has 0 heterocycles. The average molecular weight is 409 g/mol. The lowest BCUT2D eigenvalue weighted by atomic mass is 9.51. The number of halogens is 3. The Bertz CT molecular complexity index is 635. The SMILES string of the molecule is CCCCCCCC12CCC(c3ccc(OCC=CC(F)(F)F)cc3)(CC1)CC2. The van der Waals surface area contributed by atoms with Crippen LogP contribution in [0.25, 0.3) is 0 Å². The maximum atomic E-state index is 12.1. The molecular weight excluding hydrogens is 373 g/mol. The molecule has 2 bridgehead atoms. The molecule has 1 nitrogen and oxygen atoms in total. The van der Waals surface area contributed by atoms with Gasteiger partial charge < -0.3 is 4.74 Å². The van der Waals surface area contributed by atoms with Crippen molar-refractivity contribution in [1.82, 2.24) is 0 Å². The van der Waals surface area contributed by atoms with Gasteiger partial charge in [-0.05, 0) is 79.5 Å². The van der Waals surface area contributed by atoms with Crippen molar-refractivity contribution < 1.29 is 17.9 Å². The zero-order chi connectivity index (χ0) is 20.8. The summed E-state index contributed by atoms with van der Waals surface area (Å²) in [5.74, 6) is 0.630. The van der Waals surface area contributed by atoms with Gasteiger partial charge in [0.15, 0.2) is 0 Å². The van der Waals surface area contributed by atoms with E-state index in [1.807, 2.05) is 12.1 Å². The molecule has 4 heteroatoms. The van der Waals surface area contributed by atoms with Crippen LogP contribution in [-0.2, 0) is 5.41 Å². The Labute approximate surface area is 173 Å². The first-order chi connectivity index (χ1) is 13.9. The van der Waals surface area contributed by atoms with Gasteiger partial charge in [0, 0.05) is 6.08 Å². The third-order valence-electron chi connectivity index (χ3n) is 7.33. The predicted octanol–water partition coefficient (Wildman–Crippen LogP) is 8.14. The van der Waals surface area contributed by atoms with E-state index in [2.05, 4.69) is 19.1 Å². The molecule has 4 rings (SSSR count). The first kappa shape index (κ1) is 22.2. The second-order valence-corrected chi connectivity index (χ2v) is 9.22. The summed E-state index contributed by atoms with van der Waals surface area (Å²) in [6, 6.07) is 8.09. The lowest BCUT2D eigenvalue weighted by molar-refractivity contribution is -0.0801. The van der Waals surface area contributed by atoms with E-state index in [-0.39, 0.29) is 12.7 Å². The van der Waals surface area contributed by atoms with Gasteiger partial charge in [-0.2, -0.15) is 13.2 Å². The highest BCUT2D eigenvalue weighted by Crippen LogP contribution is 2.59. The highest BCUT2D eigenvalue weighted by atomic mass is 19.4. The van der Waals surface area contributed by atoms with Crippen LogP contribution >= 0.6 is 0 Å². The quantitative estimate of drug-likeness (QED) is 0.280. The number of fused-ring (bicyclic) bond motifs is 3. The molecule has 0 spiro atoms. The number of alkyl halides is 3. The van der Waals surface area contributed by atoms with Crippen molar-refractivity contribution >= 4 is 0 Å². The van der Waals surface area contributed by atoms with Crippen LogP contribution in [0.2, 0.25) is 0 Å². The minimum atomic E-state index is -4.28. The van der Waals surface area contributed by atoms with E-state index in [0.29, 0.717) is 16.6 Å². The van der Waals surface area contributed by atoms with Gasteiger partial charge in [-0.1, -0.05) is 51.2 Å². The Kier molecular flexibility index (Phi) is 7.34. The van der Waals surface area contributed by atoms with Crippen molar-refractivity contribution in [3.63, 3.8) is 0 Å². The van der Waals surface area contributed by atoms with E-state index < -0.39 is 6.18 Å². The zero-order valence-corrected chi connectivity index (χ0v) is 17.7. The third-order valence-corrected chi connectivity index (χ3v) is 7.33. The number of hydrogen-bond donors (Lipinski definition) is 0. The lowest BCUT2D eigenvalue weighted by Crippen LogP contribution is -2.44. The molecule has 0 unspecified atom stereocenters. The van der Waals surface area contributed by atoms with Crippen LogP contribution in [0.5, 0.6) is 5.75 Å². The number of hydrogen-bond acceptors (Lipinski definition) is 1. The van der Waals surface area contributed by atoms with Gasteiger partial charge >= 0.3 is 6.18 Å². The van der Waals surface area contributed by atoms with Crippen molar-refractivity contribution in [2.24, 2.45) is 5.41 Å². The number of ether oxygens (including phenoxy) is 1. The molecule has 0 radical (unpaired) electrons. The fourth-order valence-electron chi connectivity index (χ4n) is 5.41. The molecule has 3 aliphatic rings. The van der Waals surface area contributed by atoms with Gasteiger partial charge in [0.25, 0.3) is 0 Å². The van der Waals surface area contributed by atoms with E-state index in [1.54, 1.807) is 0 Å². The Hall–Kier alpha value is -1.45. The van der Waals surface area contributed by atoms with Gasteiger partial charge in [0.1, 0.15) is 12.4 Å². The molecule has 0 atom stereocenters.